The Morgan fingerprint density at radius 3 is 0.825 bits per heavy atom. The standard InChI is InChI=1S/C85H142O16P2/c1-4-7-10-13-16-19-22-25-27-29-31-33-35-36-37-38-39-40-41-42-44-46-47-49-51-54-56-59-62-65-68-71-83(88)95-74-80(86)75-97-102(91,92)98-76-81(87)77-99-103(93,94)100-79-82(101-85(90)73-70-67-64-61-58-53-24-21-18-15-12-9-6-3)78-96-84(89)72-69-66-63-60-57-55-52-50-48-45-43-34-32-30-28-26-23-20-17-14-11-8-5-2/h7-8,10-11,16-17,19-21,24-28,31-34,36-37,39-40,45,48,52,55,80-82,86-87H,4-6,9,12-15,18,22-23,29-30,35,38,41-44,46-47,49-51,53-54,56-79H2,1-3H3,(H,91,92)(H,93,94)/b10-7-,11-8-,19-16-,20-17-,24-21-,27-25-,28-26-,33-31-,34-32-,37-36-,40-39-,48-45-,55-52-. The maximum Gasteiger partial charge on any atom is 0.472 e. The largest absolute Gasteiger partial charge is 0.472 e. The molecule has 0 amide bonds. The summed E-state index contributed by atoms with van der Waals surface area (Å²) in [6, 6.07) is 0. The maximum absolute atomic E-state index is 12.9. The van der Waals surface area contributed by atoms with Gasteiger partial charge in [0, 0.05) is 19.3 Å². The van der Waals surface area contributed by atoms with E-state index in [1.54, 1.807) is 0 Å². The first-order valence-electron chi connectivity index (χ1n) is 39.8. The van der Waals surface area contributed by atoms with E-state index in [1.165, 1.54) is 77.0 Å². The van der Waals surface area contributed by atoms with E-state index < -0.39 is 91.5 Å². The molecule has 0 aliphatic heterocycles. The van der Waals surface area contributed by atoms with Crippen molar-refractivity contribution in [3.05, 3.63) is 158 Å². The Bertz CT molecular complexity index is 2500. The van der Waals surface area contributed by atoms with Crippen molar-refractivity contribution in [1.82, 2.24) is 0 Å². The molecule has 0 saturated heterocycles. The van der Waals surface area contributed by atoms with Gasteiger partial charge in [-0.05, 0) is 148 Å². The molecule has 0 radical (unpaired) electrons. The Morgan fingerprint density at radius 2 is 0.515 bits per heavy atom. The van der Waals surface area contributed by atoms with Gasteiger partial charge in [0.15, 0.2) is 6.10 Å². The molecule has 0 saturated carbocycles. The molecule has 0 aliphatic carbocycles. The number of allylic oxidation sites excluding steroid dienone is 26. The molecule has 0 aromatic heterocycles. The van der Waals surface area contributed by atoms with Crippen LogP contribution in [-0.4, -0.2) is 95.9 Å². The van der Waals surface area contributed by atoms with E-state index >= 15 is 0 Å². The number of phosphoric ester groups is 2. The van der Waals surface area contributed by atoms with Gasteiger partial charge in [0.25, 0.3) is 0 Å². The van der Waals surface area contributed by atoms with Gasteiger partial charge in [0.2, 0.25) is 0 Å². The molecular formula is C85H142O16P2. The van der Waals surface area contributed by atoms with Crippen LogP contribution in [0.3, 0.4) is 0 Å². The Labute approximate surface area is 625 Å². The van der Waals surface area contributed by atoms with E-state index in [0.29, 0.717) is 19.3 Å². The fourth-order valence-electron chi connectivity index (χ4n) is 10.2. The first-order chi connectivity index (χ1) is 50.2. The van der Waals surface area contributed by atoms with E-state index in [2.05, 4.69) is 179 Å². The lowest BCUT2D eigenvalue weighted by atomic mass is 10.0. The van der Waals surface area contributed by atoms with E-state index in [1.807, 2.05) is 0 Å². The minimum Gasteiger partial charge on any atom is -0.463 e. The predicted molar refractivity (Wildman–Crippen MR) is 426 cm³/mol. The molecule has 16 nitrogen and oxygen atoms in total. The third-order valence-electron chi connectivity index (χ3n) is 16.2. The molecule has 0 aromatic rings. The van der Waals surface area contributed by atoms with Crippen LogP contribution in [0.25, 0.3) is 0 Å². The average molecular weight is 1480 g/mol. The number of aliphatic hydroxyl groups is 2. The Kier molecular flexibility index (Phi) is 73.2. The summed E-state index contributed by atoms with van der Waals surface area (Å²) in [5.41, 5.74) is 0. The monoisotopic (exact) mass is 1480 g/mol. The molecule has 4 N–H and O–H groups in total. The smallest absolute Gasteiger partial charge is 0.463 e. The molecular weight excluding hydrogens is 1340 g/mol. The third kappa shape index (κ3) is 78.1. The van der Waals surface area contributed by atoms with Crippen molar-refractivity contribution in [3.8, 4) is 0 Å². The second-order valence-corrected chi connectivity index (χ2v) is 29.0. The summed E-state index contributed by atoms with van der Waals surface area (Å²) in [5, 5.41) is 20.6. The number of aliphatic hydroxyl groups excluding tert-OH is 2. The fourth-order valence-corrected chi connectivity index (χ4v) is 11.8. The fraction of sp³-hybridized carbons (Fsp3) is 0.659. The highest BCUT2D eigenvalue weighted by Gasteiger charge is 2.29. The van der Waals surface area contributed by atoms with Crippen LogP contribution >= 0.6 is 15.6 Å². The van der Waals surface area contributed by atoms with Crippen LogP contribution in [0.1, 0.15) is 303 Å². The Morgan fingerprint density at radius 1 is 0.282 bits per heavy atom. The predicted octanol–water partition coefficient (Wildman–Crippen LogP) is 23.4. The second-order valence-electron chi connectivity index (χ2n) is 26.1. The molecule has 18 heteroatoms. The number of hydrogen-bond acceptors (Lipinski definition) is 14. The number of rotatable bonds is 74. The molecule has 103 heavy (non-hydrogen) atoms. The van der Waals surface area contributed by atoms with Gasteiger partial charge in [-0.3, -0.25) is 32.5 Å². The number of ether oxygens (including phenoxy) is 3. The zero-order chi connectivity index (χ0) is 75.2. The summed E-state index contributed by atoms with van der Waals surface area (Å²) in [4.78, 5) is 58.6. The summed E-state index contributed by atoms with van der Waals surface area (Å²) in [7, 11) is -9.80. The molecule has 0 rings (SSSR count). The minimum absolute atomic E-state index is 0.0845. The van der Waals surface area contributed by atoms with Crippen LogP contribution in [0.15, 0.2) is 158 Å². The van der Waals surface area contributed by atoms with E-state index in [-0.39, 0.29) is 19.3 Å². The number of carbonyl (C=O) groups is 3. The molecule has 0 bridgehead atoms. The average Bonchev–Trinajstić information content (AvgIpc) is 0.914. The van der Waals surface area contributed by atoms with Gasteiger partial charge in [0.1, 0.15) is 25.4 Å². The van der Waals surface area contributed by atoms with Crippen LogP contribution in [0.5, 0.6) is 0 Å². The summed E-state index contributed by atoms with van der Waals surface area (Å²) < 4.78 is 61.1. The van der Waals surface area contributed by atoms with Crippen molar-refractivity contribution in [2.24, 2.45) is 0 Å². The van der Waals surface area contributed by atoms with Gasteiger partial charge < -0.3 is 34.2 Å². The lowest BCUT2D eigenvalue weighted by molar-refractivity contribution is -0.161. The van der Waals surface area contributed by atoms with E-state index in [0.717, 1.165) is 167 Å². The van der Waals surface area contributed by atoms with Crippen LogP contribution in [0.2, 0.25) is 0 Å². The zero-order valence-electron chi connectivity index (χ0n) is 64.2. The molecule has 0 aromatic carbocycles. The quantitative estimate of drug-likeness (QED) is 0.0146. The highest BCUT2D eigenvalue weighted by Crippen LogP contribution is 2.45. The first kappa shape index (κ1) is 98.2. The highest BCUT2D eigenvalue weighted by molar-refractivity contribution is 7.47. The van der Waals surface area contributed by atoms with Gasteiger partial charge in [-0.25, -0.2) is 9.13 Å². The van der Waals surface area contributed by atoms with Gasteiger partial charge in [-0.1, -0.05) is 294 Å². The topological polar surface area (TPSA) is 231 Å². The summed E-state index contributed by atoms with van der Waals surface area (Å²) >= 11 is 0. The second kappa shape index (κ2) is 76.8. The van der Waals surface area contributed by atoms with E-state index in [4.69, 9.17) is 32.3 Å². The van der Waals surface area contributed by atoms with Gasteiger partial charge in [-0.2, -0.15) is 0 Å². The summed E-state index contributed by atoms with van der Waals surface area (Å²) in [6.07, 6.45) is 95.8. The molecule has 0 aliphatic rings. The molecule has 0 fully saturated rings. The number of phosphoric acid groups is 2. The van der Waals surface area contributed by atoms with Crippen molar-refractivity contribution >= 4 is 33.6 Å². The molecule has 588 valence electrons. The van der Waals surface area contributed by atoms with Crippen LogP contribution in [0, 0.1) is 0 Å². The van der Waals surface area contributed by atoms with Crippen LogP contribution in [-0.2, 0) is 55.8 Å². The van der Waals surface area contributed by atoms with Crippen molar-refractivity contribution in [3.63, 3.8) is 0 Å². The minimum atomic E-state index is -4.94. The van der Waals surface area contributed by atoms with Gasteiger partial charge in [-0.15, -0.1) is 0 Å². The van der Waals surface area contributed by atoms with Crippen LogP contribution in [0.4, 0.5) is 0 Å². The molecule has 0 heterocycles. The van der Waals surface area contributed by atoms with Crippen LogP contribution < -0.4 is 0 Å². The summed E-state index contributed by atoms with van der Waals surface area (Å²) in [6.45, 7) is 2.39. The number of esters is 3. The lowest BCUT2D eigenvalue weighted by Crippen LogP contribution is -2.30. The molecule has 5 unspecified atom stereocenters. The first-order valence-corrected chi connectivity index (χ1v) is 42.8. The summed E-state index contributed by atoms with van der Waals surface area (Å²) in [5.74, 6) is -1.62. The van der Waals surface area contributed by atoms with Gasteiger partial charge >= 0.3 is 33.6 Å². The number of hydrogen-bond donors (Lipinski definition) is 4. The molecule has 5 atom stereocenters. The van der Waals surface area contributed by atoms with Crippen molar-refractivity contribution in [2.45, 2.75) is 322 Å². The zero-order valence-corrected chi connectivity index (χ0v) is 66.0. The van der Waals surface area contributed by atoms with E-state index in [9.17, 15) is 43.5 Å². The SMILES string of the molecule is CC/C=C\C/C=C\C/C=C\C/C=C\C/C=C\C/C=C\CCCCCCCCCCCCCCC(=O)OCC(O)COP(=O)(O)OCC(O)COP(=O)(O)OCC(COC(=O)CCCCCC/C=C\C/C=C\C/C=C\C/C=C\C/C=C\C/C=C\CC)OC(=O)CCCCCCC/C=C\CCCCCC. The highest BCUT2D eigenvalue weighted by atomic mass is 31.2. The Hall–Kier alpha value is -4.83. The lowest BCUT2D eigenvalue weighted by Gasteiger charge is -2.21. The normalized spacial score (nSPS) is 14.8. The van der Waals surface area contributed by atoms with Crippen molar-refractivity contribution < 1.29 is 75.8 Å². The maximum atomic E-state index is 12.9. The molecule has 0 spiro atoms. The third-order valence-corrected chi connectivity index (χ3v) is 18.1. The van der Waals surface area contributed by atoms with Crippen molar-refractivity contribution in [1.29, 1.82) is 0 Å². The number of unbranched alkanes of at least 4 members (excludes halogenated alkanes) is 25. The van der Waals surface area contributed by atoms with Crippen molar-refractivity contribution in [2.75, 3.05) is 39.6 Å². The number of carbonyl (C=O) groups excluding carboxylic acids is 3. The van der Waals surface area contributed by atoms with Gasteiger partial charge in [0.05, 0.1) is 26.4 Å². The Balaban J connectivity index is 4.51.